The number of likely N-dealkylation sites (N-methyl/N-ethyl adjacent to an activating group) is 1. The van der Waals surface area contributed by atoms with Gasteiger partial charge in [-0.05, 0) is 14.9 Å². The zero-order valence-corrected chi connectivity index (χ0v) is 9.15. The minimum absolute atomic E-state index is 0.0248. The van der Waals surface area contributed by atoms with Gasteiger partial charge in [-0.25, -0.2) is 4.98 Å². The van der Waals surface area contributed by atoms with Crippen LogP contribution in [0.1, 0.15) is 12.6 Å². The number of imidazole rings is 1. The van der Waals surface area contributed by atoms with Crippen LogP contribution >= 0.6 is 8.02 Å². The average Bonchev–Trinajstić information content (AvgIpc) is 2.61. The van der Waals surface area contributed by atoms with Crippen LogP contribution < -0.4 is 5.32 Å². The van der Waals surface area contributed by atoms with E-state index < -0.39 is 0 Å². The molecule has 0 spiro atoms. The average molecular weight is 217 g/mol. The summed E-state index contributed by atoms with van der Waals surface area (Å²) in [5, 5.41) is 2.70. The summed E-state index contributed by atoms with van der Waals surface area (Å²) < 4.78 is 0. The molecule has 0 aliphatic rings. The van der Waals surface area contributed by atoms with Gasteiger partial charge in [0.1, 0.15) is 0 Å². The van der Waals surface area contributed by atoms with Gasteiger partial charge < -0.3 is 10.3 Å². The Morgan fingerprint density at radius 3 is 2.92 bits per heavy atom. The Kier molecular flexibility index (Phi) is 7.35. The summed E-state index contributed by atoms with van der Waals surface area (Å²) in [7, 11) is 2.56. The van der Waals surface area contributed by atoms with Gasteiger partial charge in [-0.3, -0.25) is 4.79 Å². The van der Waals surface area contributed by atoms with Crippen LogP contribution in [0.5, 0.6) is 0 Å². The first-order valence-electron chi connectivity index (χ1n) is 3.77. The van der Waals surface area contributed by atoms with Crippen LogP contribution in [0.15, 0.2) is 12.5 Å². The molecule has 0 saturated carbocycles. The molecule has 0 aliphatic carbocycles. The van der Waals surface area contributed by atoms with Gasteiger partial charge in [-0.1, -0.05) is 11.8 Å². The van der Waals surface area contributed by atoms with Gasteiger partial charge in [0, 0.05) is 18.4 Å². The lowest BCUT2D eigenvalue weighted by Gasteiger charge is -1.97. The predicted octanol–water partition coefficient (Wildman–Crippen LogP) is 0.679. The summed E-state index contributed by atoms with van der Waals surface area (Å²) in [5.41, 5.74) is 0.843. The van der Waals surface area contributed by atoms with Crippen molar-refractivity contribution in [2.75, 3.05) is 6.54 Å². The van der Waals surface area contributed by atoms with Crippen LogP contribution in [0.25, 0.3) is 0 Å². The third-order valence-electron chi connectivity index (χ3n) is 1.28. The minimum Gasteiger partial charge on any atom is -0.356 e. The normalized spacial score (nSPS) is 8.38. The van der Waals surface area contributed by atoms with Crippen LogP contribution in [-0.2, 0) is 23.0 Å². The molecule has 0 saturated heterocycles. The van der Waals surface area contributed by atoms with Gasteiger partial charge in [-0.2, -0.15) is 0 Å². The second kappa shape index (κ2) is 7.83. The number of aromatic nitrogens is 2. The van der Waals surface area contributed by atoms with Gasteiger partial charge in [0.2, 0.25) is 5.91 Å². The lowest BCUT2D eigenvalue weighted by molar-refractivity contribution is -0.120. The van der Waals surface area contributed by atoms with Crippen molar-refractivity contribution >= 4 is 25.7 Å². The van der Waals surface area contributed by atoms with Crippen LogP contribution in [0.3, 0.4) is 0 Å². The van der Waals surface area contributed by atoms with E-state index >= 15 is 0 Å². The molecule has 13 heavy (non-hydrogen) atoms. The van der Waals surface area contributed by atoms with E-state index in [-0.39, 0.29) is 5.91 Å². The van der Waals surface area contributed by atoms with Gasteiger partial charge in [0.25, 0.3) is 0 Å². The third kappa shape index (κ3) is 5.44. The molecule has 0 atom stereocenters. The number of aromatic amines is 1. The zero-order chi connectivity index (χ0) is 10.1. The predicted molar refractivity (Wildman–Crippen MR) is 56.7 cm³/mol. The number of nitrogens with one attached hydrogen (secondary N) is 2. The van der Waals surface area contributed by atoms with Crippen molar-refractivity contribution in [3.8, 4) is 0 Å². The number of nitrogens with zero attached hydrogens (tertiary/aromatic N) is 1. The number of carbonyl (C=O) groups is 1. The molecule has 1 aromatic heterocycles. The molecule has 2 N–H and O–H groups in total. The van der Waals surface area contributed by atoms with E-state index in [4.69, 9.17) is 0 Å². The Morgan fingerprint density at radius 1 is 1.77 bits per heavy atom. The monoisotopic (exact) mass is 217 g/mol. The van der Waals surface area contributed by atoms with Crippen molar-refractivity contribution in [1.29, 1.82) is 0 Å². The molecule has 0 fully saturated rings. The number of hydrogen-bond acceptors (Lipinski definition) is 3. The molecule has 0 aliphatic heterocycles. The Morgan fingerprint density at radius 2 is 2.46 bits per heavy atom. The van der Waals surface area contributed by atoms with E-state index in [1.165, 1.54) is 0 Å². The van der Waals surface area contributed by atoms with Crippen molar-refractivity contribution in [3.05, 3.63) is 18.2 Å². The fraction of sp³-hybridized carbons (Fsp3) is 0.429. The summed E-state index contributed by atoms with van der Waals surface area (Å²) in [5.74, 6) is 0.0248. The maximum absolute atomic E-state index is 11.0. The summed E-state index contributed by atoms with van der Waals surface area (Å²) in [6.45, 7) is 2.57. The quantitative estimate of drug-likeness (QED) is 0.732. The zero-order valence-electron chi connectivity index (χ0n) is 7.33. The van der Waals surface area contributed by atoms with Crippen molar-refractivity contribution in [2.24, 2.45) is 0 Å². The Hall–Kier alpha value is -0.800. The first-order chi connectivity index (χ1) is 6.33. The van der Waals surface area contributed by atoms with E-state index in [1.54, 1.807) is 12.5 Å². The van der Waals surface area contributed by atoms with Crippen molar-refractivity contribution in [3.63, 3.8) is 0 Å². The maximum atomic E-state index is 11.0. The minimum atomic E-state index is 0.0248. The standard InChI is InChI=1S/C7H11N3O.HPS/c1-2-9-7(11)3-6-4-8-5-10-6;1-2/h4-5H,2-3H2,1H3,(H,8,10)(H,9,11);1H. The molecule has 4 nitrogen and oxygen atoms in total. The molecule has 0 bridgehead atoms. The lowest BCUT2D eigenvalue weighted by atomic mass is 10.3. The fourth-order valence-electron chi connectivity index (χ4n) is 0.814. The number of hydrogen-bond donors (Lipinski definition) is 2. The van der Waals surface area contributed by atoms with E-state index in [2.05, 4.69) is 35.1 Å². The van der Waals surface area contributed by atoms with E-state index in [1.807, 2.05) is 6.92 Å². The topological polar surface area (TPSA) is 57.8 Å². The van der Waals surface area contributed by atoms with E-state index in [9.17, 15) is 4.79 Å². The van der Waals surface area contributed by atoms with E-state index in [0.29, 0.717) is 13.0 Å². The van der Waals surface area contributed by atoms with Crippen molar-refractivity contribution in [2.45, 2.75) is 13.3 Å². The summed E-state index contributed by atoms with van der Waals surface area (Å²) in [4.78, 5) is 17.6. The molecule has 0 radical (unpaired) electrons. The summed E-state index contributed by atoms with van der Waals surface area (Å²) in [6.07, 6.45) is 3.59. The highest BCUT2D eigenvalue weighted by Gasteiger charge is 2.00. The second-order valence-corrected chi connectivity index (χ2v) is 2.21. The van der Waals surface area contributed by atoms with Gasteiger partial charge in [0.05, 0.1) is 12.7 Å². The highest BCUT2D eigenvalue weighted by molar-refractivity contribution is 7.88. The molecule has 1 aromatic rings. The van der Waals surface area contributed by atoms with Crippen LogP contribution in [-0.4, -0.2) is 22.4 Å². The second-order valence-electron chi connectivity index (χ2n) is 2.21. The van der Waals surface area contributed by atoms with Crippen LogP contribution in [0.4, 0.5) is 0 Å². The van der Waals surface area contributed by atoms with Crippen molar-refractivity contribution in [1.82, 2.24) is 15.3 Å². The Bertz CT molecular complexity index is 240. The maximum Gasteiger partial charge on any atom is 0.225 e. The van der Waals surface area contributed by atoms with Crippen molar-refractivity contribution < 1.29 is 4.79 Å². The number of rotatable bonds is 3. The molecule has 1 amide bonds. The van der Waals surface area contributed by atoms with Gasteiger partial charge >= 0.3 is 0 Å². The van der Waals surface area contributed by atoms with Crippen LogP contribution in [0, 0.1) is 0 Å². The fourth-order valence-corrected chi connectivity index (χ4v) is 0.814. The highest BCUT2D eigenvalue weighted by Crippen LogP contribution is 1.91. The smallest absolute Gasteiger partial charge is 0.225 e. The number of H-pyrrole nitrogens is 1. The highest BCUT2D eigenvalue weighted by atomic mass is 32.4. The Labute approximate surface area is 84.4 Å². The van der Waals surface area contributed by atoms with Crippen LogP contribution in [0.2, 0.25) is 0 Å². The number of carbonyl (C=O) groups excluding carboxylic acids is 1. The summed E-state index contributed by atoms with van der Waals surface area (Å²) in [6, 6.07) is 0. The SMILES string of the molecule is CCNC(=O)Cc1cnc[nH]1.P=S. The molecule has 1 rings (SSSR count). The van der Waals surface area contributed by atoms with Gasteiger partial charge in [0.15, 0.2) is 0 Å². The lowest BCUT2D eigenvalue weighted by Crippen LogP contribution is -2.24. The summed E-state index contributed by atoms with van der Waals surface area (Å²) >= 11 is 3.89. The number of amides is 1. The third-order valence-corrected chi connectivity index (χ3v) is 1.28. The molecule has 0 aromatic carbocycles. The molecule has 1 heterocycles. The largest absolute Gasteiger partial charge is 0.356 e. The first-order valence-corrected chi connectivity index (χ1v) is 5.40. The van der Waals surface area contributed by atoms with E-state index in [0.717, 1.165) is 5.69 Å². The molecule has 72 valence electrons. The molecular formula is C7H12N3OPS. The molecule has 0 unspecified atom stereocenters. The van der Waals surface area contributed by atoms with Gasteiger partial charge in [-0.15, -0.1) is 0 Å². The first kappa shape index (κ1) is 12.2. The molecule has 6 heteroatoms. The molecular weight excluding hydrogens is 205 g/mol. The Balaban J connectivity index is 0.000000671.